The fourth-order valence-electron chi connectivity index (χ4n) is 1.97. The Morgan fingerprint density at radius 3 is 2.24 bits per heavy atom. The molecule has 0 aliphatic carbocycles. The molecule has 2 atom stereocenters. The topological polar surface area (TPSA) is 49.3 Å². The van der Waals surface area contributed by atoms with Crippen molar-refractivity contribution in [1.29, 1.82) is 0 Å². The summed E-state index contributed by atoms with van der Waals surface area (Å²) in [6.07, 6.45) is 0. The minimum absolute atomic E-state index is 0.0771. The quantitative estimate of drug-likeness (QED) is 0.806. The lowest BCUT2D eigenvalue weighted by Crippen LogP contribution is -2.35. The first kappa shape index (κ1) is 15.6. The van der Waals surface area contributed by atoms with Crippen molar-refractivity contribution in [2.75, 3.05) is 6.61 Å². The Hall–Kier alpha value is -1.78. The number of nitrogens with one attached hydrogen (secondary N) is 1. The highest BCUT2D eigenvalue weighted by Gasteiger charge is 2.19. The van der Waals surface area contributed by atoms with Crippen molar-refractivity contribution in [1.82, 2.24) is 5.32 Å². The summed E-state index contributed by atoms with van der Waals surface area (Å²) in [4.78, 5) is 13.3. The minimum atomic E-state index is -0.363. The van der Waals surface area contributed by atoms with Crippen LogP contribution in [0.5, 0.6) is 0 Å². The smallest absolute Gasteiger partial charge is 0.233 e. The van der Waals surface area contributed by atoms with Gasteiger partial charge in [-0.2, -0.15) is 0 Å². The van der Waals surface area contributed by atoms with E-state index in [0.29, 0.717) is 0 Å². The van der Waals surface area contributed by atoms with Crippen molar-refractivity contribution in [3.63, 3.8) is 0 Å². The van der Waals surface area contributed by atoms with Crippen LogP contribution in [-0.4, -0.2) is 22.9 Å². The first-order chi connectivity index (χ1) is 10.2. The van der Waals surface area contributed by atoms with Gasteiger partial charge in [0.05, 0.1) is 17.9 Å². The number of aliphatic hydroxyl groups is 1. The van der Waals surface area contributed by atoms with Crippen molar-refractivity contribution in [2.24, 2.45) is 0 Å². The Labute approximate surface area is 129 Å². The standard InChI is InChI=1S/C17H19NO2S/c1-13(21-15-10-6-3-7-11-15)17(20)18-16(12-19)14-8-4-2-5-9-14/h2-11,13,16,19H,12H2,1H3,(H,18,20). The molecule has 0 spiro atoms. The Bertz CT molecular complexity index is 560. The molecule has 4 heteroatoms. The summed E-state index contributed by atoms with van der Waals surface area (Å²) in [6, 6.07) is 19.0. The van der Waals surface area contributed by atoms with E-state index >= 15 is 0 Å². The first-order valence-electron chi connectivity index (χ1n) is 6.88. The van der Waals surface area contributed by atoms with Gasteiger partial charge in [-0.25, -0.2) is 0 Å². The van der Waals surface area contributed by atoms with E-state index in [2.05, 4.69) is 5.32 Å². The van der Waals surface area contributed by atoms with Gasteiger partial charge in [-0.3, -0.25) is 4.79 Å². The monoisotopic (exact) mass is 301 g/mol. The molecule has 0 radical (unpaired) electrons. The molecule has 0 saturated heterocycles. The second-order valence-electron chi connectivity index (χ2n) is 4.73. The molecule has 2 aromatic carbocycles. The van der Waals surface area contributed by atoms with Crippen LogP contribution in [0.25, 0.3) is 0 Å². The van der Waals surface area contributed by atoms with Gasteiger partial charge < -0.3 is 10.4 Å². The van der Waals surface area contributed by atoms with Gasteiger partial charge in [0, 0.05) is 4.90 Å². The second-order valence-corrected chi connectivity index (χ2v) is 6.14. The SMILES string of the molecule is CC(Sc1ccccc1)C(=O)NC(CO)c1ccccc1. The van der Waals surface area contributed by atoms with Gasteiger partial charge in [0.25, 0.3) is 0 Å². The molecule has 2 unspecified atom stereocenters. The van der Waals surface area contributed by atoms with Gasteiger partial charge in [-0.05, 0) is 24.6 Å². The zero-order chi connectivity index (χ0) is 15.1. The molecule has 0 fully saturated rings. The summed E-state index contributed by atoms with van der Waals surface area (Å²) in [6.45, 7) is 1.75. The van der Waals surface area contributed by atoms with Crippen LogP contribution in [0.15, 0.2) is 65.6 Å². The molecule has 0 aromatic heterocycles. The van der Waals surface area contributed by atoms with E-state index in [0.717, 1.165) is 10.5 Å². The number of thioether (sulfide) groups is 1. The summed E-state index contributed by atoms with van der Waals surface area (Å²) in [7, 11) is 0. The molecule has 0 aliphatic heterocycles. The van der Waals surface area contributed by atoms with E-state index in [1.807, 2.05) is 67.6 Å². The van der Waals surface area contributed by atoms with Gasteiger partial charge in [0.1, 0.15) is 0 Å². The van der Waals surface area contributed by atoms with Crippen LogP contribution in [0.4, 0.5) is 0 Å². The number of hydrogen-bond acceptors (Lipinski definition) is 3. The predicted octanol–water partition coefficient (Wildman–Crippen LogP) is 3.02. The molecule has 0 heterocycles. The normalized spacial score (nSPS) is 13.4. The van der Waals surface area contributed by atoms with Gasteiger partial charge in [0.2, 0.25) is 5.91 Å². The van der Waals surface area contributed by atoms with Crippen molar-refractivity contribution < 1.29 is 9.90 Å². The number of carbonyl (C=O) groups is 1. The van der Waals surface area contributed by atoms with Gasteiger partial charge in [-0.15, -0.1) is 11.8 Å². The zero-order valence-corrected chi connectivity index (χ0v) is 12.7. The van der Waals surface area contributed by atoms with E-state index < -0.39 is 0 Å². The number of rotatable bonds is 6. The third-order valence-corrected chi connectivity index (χ3v) is 4.24. The fourth-order valence-corrected chi connectivity index (χ4v) is 2.86. The Balaban J connectivity index is 1.96. The number of amides is 1. The maximum atomic E-state index is 12.2. The molecule has 21 heavy (non-hydrogen) atoms. The Kier molecular flexibility index (Phi) is 5.84. The van der Waals surface area contributed by atoms with Crippen LogP contribution < -0.4 is 5.32 Å². The summed E-state index contributed by atoms with van der Waals surface area (Å²) in [5.41, 5.74) is 0.908. The molecule has 1 amide bonds. The van der Waals surface area contributed by atoms with E-state index in [4.69, 9.17) is 0 Å². The maximum absolute atomic E-state index is 12.2. The lowest BCUT2D eigenvalue weighted by atomic mass is 10.1. The summed E-state index contributed by atoms with van der Waals surface area (Å²) >= 11 is 1.51. The largest absolute Gasteiger partial charge is 0.394 e. The first-order valence-corrected chi connectivity index (χ1v) is 7.76. The van der Waals surface area contributed by atoms with Crippen LogP contribution in [0, 0.1) is 0 Å². The van der Waals surface area contributed by atoms with E-state index in [9.17, 15) is 9.90 Å². The molecule has 3 nitrogen and oxygen atoms in total. The molecule has 110 valence electrons. The highest BCUT2D eigenvalue weighted by Crippen LogP contribution is 2.23. The van der Waals surface area contributed by atoms with Crippen LogP contribution in [-0.2, 0) is 4.79 Å². The average molecular weight is 301 g/mol. The van der Waals surface area contributed by atoms with Crippen LogP contribution in [0.2, 0.25) is 0 Å². The Morgan fingerprint density at radius 2 is 1.67 bits per heavy atom. The summed E-state index contributed by atoms with van der Waals surface area (Å²) in [5, 5.41) is 12.2. The summed E-state index contributed by atoms with van der Waals surface area (Å²) in [5.74, 6) is -0.0771. The third kappa shape index (κ3) is 4.62. The molecule has 2 aromatic rings. The number of benzene rings is 2. The molecular formula is C17H19NO2S. The number of aliphatic hydroxyl groups excluding tert-OH is 1. The van der Waals surface area contributed by atoms with Crippen molar-refractivity contribution >= 4 is 17.7 Å². The molecule has 2 rings (SSSR count). The van der Waals surface area contributed by atoms with E-state index in [1.165, 1.54) is 11.8 Å². The highest BCUT2D eigenvalue weighted by molar-refractivity contribution is 8.00. The Morgan fingerprint density at radius 1 is 1.10 bits per heavy atom. The fraction of sp³-hybridized carbons (Fsp3) is 0.235. The zero-order valence-electron chi connectivity index (χ0n) is 11.9. The minimum Gasteiger partial charge on any atom is -0.394 e. The molecule has 0 bridgehead atoms. The second kappa shape index (κ2) is 7.86. The third-order valence-electron chi connectivity index (χ3n) is 3.13. The lowest BCUT2D eigenvalue weighted by molar-refractivity contribution is -0.121. The molecule has 0 aliphatic rings. The van der Waals surface area contributed by atoms with Crippen LogP contribution in [0.1, 0.15) is 18.5 Å². The van der Waals surface area contributed by atoms with Gasteiger partial charge in [-0.1, -0.05) is 48.5 Å². The van der Waals surface area contributed by atoms with Gasteiger partial charge in [0.15, 0.2) is 0 Å². The van der Waals surface area contributed by atoms with Crippen molar-refractivity contribution in [3.05, 3.63) is 66.2 Å². The predicted molar refractivity (Wildman–Crippen MR) is 86.2 cm³/mol. The number of hydrogen-bond donors (Lipinski definition) is 2. The summed E-state index contributed by atoms with van der Waals surface area (Å²) < 4.78 is 0. The van der Waals surface area contributed by atoms with E-state index in [1.54, 1.807) is 0 Å². The molecule has 2 N–H and O–H groups in total. The van der Waals surface area contributed by atoms with Crippen LogP contribution in [0.3, 0.4) is 0 Å². The highest BCUT2D eigenvalue weighted by atomic mass is 32.2. The van der Waals surface area contributed by atoms with Crippen molar-refractivity contribution in [3.8, 4) is 0 Å². The van der Waals surface area contributed by atoms with Gasteiger partial charge >= 0.3 is 0 Å². The molecule has 0 saturated carbocycles. The molecular weight excluding hydrogens is 282 g/mol. The van der Waals surface area contributed by atoms with Crippen molar-refractivity contribution in [2.45, 2.75) is 23.1 Å². The number of carbonyl (C=O) groups excluding carboxylic acids is 1. The van der Waals surface area contributed by atoms with E-state index in [-0.39, 0.29) is 23.8 Å². The average Bonchev–Trinajstić information content (AvgIpc) is 2.54. The lowest BCUT2D eigenvalue weighted by Gasteiger charge is -2.19. The maximum Gasteiger partial charge on any atom is 0.233 e. The van der Waals surface area contributed by atoms with Crippen LogP contribution >= 0.6 is 11.8 Å².